The summed E-state index contributed by atoms with van der Waals surface area (Å²) >= 11 is 0. The second-order valence-electron chi connectivity index (χ2n) is 9.64. The summed E-state index contributed by atoms with van der Waals surface area (Å²) in [6.07, 6.45) is 2.78. The molecule has 4 rings (SSSR count). The highest BCUT2D eigenvalue weighted by molar-refractivity contribution is 6.06. The van der Waals surface area contributed by atoms with Crippen molar-refractivity contribution < 1.29 is 9.59 Å². The molecule has 3 nitrogen and oxygen atoms in total. The lowest BCUT2D eigenvalue weighted by Crippen LogP contribution is -2.42. The van der Waals surface area contributed by atoms with Crippen LogP contribution < -0.4 is 5.32 Å². The summed E-state index contributed by atoms with van der Waals surface area (Å²) < 4.78 is 0. The standard InChI is InChI=1S/C23H27NO2.3C2H6/c1-22(2)10-15-20(17(25)12-22)19(14-8-6-5-7-9-14)21-16(24-15)11-23(3,4)13-18(21)26;3*1-2/h5-9,19,24H,10-13H2,1-4H3;3*1-2H3. The maximum Gasteiger partial charge on any atom is 0.162 e. The van der Waals surface area contributed by atoms with Crippen molar-refractivity contribution in [2.24, 2.45) is 10.8 Å². The minimum atomic E-state index is -0.213. The van der Waals surface area contributed by atoms with Crippen LogP contribution in [0.15, 0.2) is 52.9 Å². The molecule has 0 aromatic heterocycles. The van der Waals surface area contributed by atoms with Crippen molar-refractivity contribution in [3.63, 3.8) is 0 Å². The van der Waals surface area contributed by atoms with Gasteiger partial charge in [0.05, 0.1) is 0 Å². The summed E-state index contributed by atoms with van der Waals surface area (Å²) in [6, 6.07) is 10.1. The van der Waals surface area contributed by atoms with Gasteiger partial charge in [-0.2, -0.15) is 0 Å². The van der Waals surface area contributed by atoms with E-state index in [1.165, 1.54) is 0 Å². The van der Waals surface area contributed by atoms with Crippen LogP contribution in [-0.4, -0.2) is 11.6 Å². The lowest BCUT2D eigenvalue weighted by atomic mass is 9.64. The molecule has 3 aliphatic rings. The number of Topliss-reactive ketones (excluding diaryl/α,β-unsaturated/α-hetero) is 2. The van der Waals surface area contributed by atoms with Crippen molar-refractivity contribution in [1.29, 1.82) is 0 Å². The Morgan fingerprint density at radius 1 is 0.656 bits per heavy atom. The summed E-state index contributed by atoms with van der Waals surface area (Å²) in [5, 5.41) is 3.55. The number of allylic oxidation sites excluding steroid dienone is 4. The molecule has 1 aromatic carbocycles. The zero-order valence-corrected chi connectivity index (χ0v) is 22.1. The summed E-state index contributed by atoms with van der Waals surface area (Å²) in [7, 11) is 0. The summed E-state index contributed by atoms with van der Waals surface area (Å²) in [5.74, 6) is 0.151. The van der Waals surface area contributed by atoms with E-state index in [0.717, 1.165) is 40.9 Å². The topological polar surface area (TPSA) is 46.2 Å². The molecule has 0 unspecified atom stereocenters. The Morgan fingerprint density at radius 3 is 1.41 bits per heavy atom. The van der Waals surface area contributed by atoms with E-state index in [0.29, 0.717) is 12.8 Å². The second kappa shape index (κ2) is 11.6. The van der Waals surface area contributed by atoms with E-state index in [2.05, 4.69) is 33.0 Å². The molecule has 0 saturated heterocycles. The number of carbonyl (C=O) groups is 2. The number of carbonyl (C=O) groups excluding carboxylic acids is 2. The molecule has 1 N–H and O–H groups in total. The van der Waals surface area contributed by atoms with Crippen LogP contribution in [0.2, 0.25) is 0 Å². The first kappa shape index (κ1) is 27.9. The third kappa shape index (κ3) is 5.99. The quantitative estimate of drug-likeness (QED) is 0.487. The Balaban J connectivity index is 0.000000789. The largest absolute Gasteiger partial charge is 0.362 e. The molecule has 3 heteroatoms. The van der Waals surface area contributed by atoms with Crippen molar-refractivity contribution in [1.82, 2.24) is 5.32 Å². The Hall–Kier alpha value is -2.16. The van der Waals surface area contributed by atoms with Crippen LogP contribution in [0.25, 0.3) is 0 Å². The normalized spacial score (nSPS) is 20.8. The average Bonchev–Trinajstić information content (AvgIpc) is 2.75. The third-order valence-electron chi connectivity index (χ3n) is 5.85. The minimum Gasteiger partial charge on any atom is -0.362 e. The van der Waals surface area contributed by atoms with Crippen LogP contribution in [-0.2, 0) is 9.59 Å². The molecule has 2 aliphatic carbocycles. The number of nitrogens with one attached hydrogen (secondary N) is 1. The molecule has 0 atom stereocenters. The van der Waals surface area contributed by atoms with Gasteiger partial charge in [-0.1, -0.05) is 99.6 Å². The second-order valence-corrected chi connectivity index (χ2v) is 9.64. The van der Waals surface area contributed by atoms with Crippen LogP contribution >= 0.6 is 0 Å². The Kier molecular flexibility index (Phi) is 10.1. The van der Waals surface area contributed by atoms with Crippen LogP contribution in [0, 0.1) is 10.8 Å². The smallest absolute Gasteiger partial charge is 0.162 e. The molecule has 1 aliphatic heterocycles. The van der Waals surface area contributed by atoms with E-state index >= 15 is 0 Å². The predicted molar refractivity (Wildman–Crippen MR) is 136 cm³/mol. The lowest BCUT2D eigenvalue weighted by molar-refractivity contribution is -0.119. The summed E-state index contributed by atoms with van der Waals surface area (Å²) in [5.41, 5.74) is 4.67. The van der Waals surface area contributed by atoms with Crippen molar-refractivity contribution >= 4 is 11.6 Å². The van der Waals surface area contributed by atoms with Gasteiger partial charge >= 0.3 is 0 Å². The highest BCUT2D eigenvalue weighted by Gasteiger charge is 2.46. The molecule has 32 heavy (non-hydrogen) atoms. The Labute approximate surface area is 196 Å². The van der Waals surface area contributed by atoms with Crippen molar-refractivity contribution in [2.75, 3.05) is 0 Å². The van der Waals surface area contributed by atoms with Gasteiger partial charge in [0.25, 0.3) is 0 Å². The highest BCUT2D eigenvalue weighted by Crippen LogP contribution is 2.50. The van der Waals surface area contributed by atoms with E-state index in [4.69, 9.17) is 0 Å². The lowest BCUT2D eigenvalue weighted by Gasteiger charge is -2.44. The zero-order valence-electron chi connectivity index (χ0n) is 22.1. The predicted octanol–water partition coefficient (Wildman–Crippen LogP) is 7.74. The molecule has 178 valence electrons. The van der Waals surface area contributed by atoms with Gasteiger partial charge in [0.15, 0.2) is 11.6 Å². The van der Waals surface area contributed by atoms with E-state index < -0.39 is 0 Å². The number of benzene rings is 1. The van der Waals surface area contributed by atoms with Crippen molar-refractivity contribution in [2.45, 2.75) is 101 Å². The van der Waals surface area contributed by atoms with Gasteiger partial charge in [-0.05, 0) is 29.2 Å². The first-order chi connectivity index (χ1) is 15.2. The fraction of sp³-hybridized carbons (Fsp3) is 0.586. The molecule has 0 amide bonds. The van der Waals surface area contributed by atoms with E-state index in [9.17, 15) is 9.59 Å². The third-order valence-corrected chi connectivity index (χ3v) is 5.85. The average molecular weight is 440 g/mol. The van der Waals surface area contributed by atoms with Gasteiger partial charge in [-0.25, -0.2) is 0 Å². The van der Waals surface area contributed by atoms with Gasteiger partial charge < -0.3 is 5.32 Å². The van der Waals surface area contributed by atoms with Crippen LogP contribution in [0.3, 0.4) is 0 Å². The SMILES string of the molecule is CC.CC.CC.CC1(C)CC(=O)C2=C(C1)NC1=C(C(=O)CC(C)(C)C1)C2c1ccccc1. The van der Waals surface area contributed by atoms with E-state index in [-0.39, 0.29) is 28.3 Å². The van der Waals surface area contributed by atoms with Gasteiger partial charge in [0, 0.05) is 41.3 Å². The molecule has 0 saturated carbocycles. The maximum atomic E-state index is 13.1. The van der Waals surface area contributed by atoms with Crippen LogP contribution in [0.4, 0.5) is 0 Å². The minimum absolute atomic E-state index is 0.0452. The Morgan fingerprint density at radius 2 is 1.03 bits per heavy atom. The molecular formula is C29H45NO2. The monoisotopic (exact) mass is 439 g/mol. The molecule has 1 aromatic rings. The van der Waals surface area contributed by atoms with Gasteiger partial charge in [-0.3, -0.25) is 9.59 Å². The fourth-order valence-electron chi connectivity index (χ4n) is 4.87. The van der Waals surface area contributed by atoms with Crippen LogP contribution in [0.1, 0.15) is 106 Å². The first-order valence-electron chi connectivity index (χ1n) is 12.5. The highest BCUT2D eigenvalue weighted by atomic mass is 16.1. The van der Waals surface area contributed by atoms with Crippen molar-refractivity contribution in [3.05, 3.63) is 58.4 Å². The van der Waals surface area contributed by atoms with Crippen molar-refractivity contribution in [3.8, 4) is 0 Å². The molecule has 0 radical (unpaired) electrons. The fourth-order valence-corrected chi connectivity index (χ4v) is 4.87. The van der Waals surface area contributed by atoms with E-state index in [1.54, 1.807) is 0 Å². The zero-order chi connectivity index (χ0) is 24.7. The first-order valence-corrected chi connectivity index (χ1v) is 12.5. The number of dihydropyridines is 1. The van der Waals surface area contributed by atoms with Gasteiger partial charge in [0.1, 0.15) is 0 Å². The van der Waals surface area contributed by atoms with E-state index in [1.807, 2.05) is 71.9 Å². The molecule has 0 spiro atoms. The maximum absolute atomic E-state index is 13.1. The summed E-state index contributed by atoms with van der Waals surface area (Å²) in [4.78, 5) is 26.2. The molecule has 0 bridgehead atoms. The van der Waals surface area contributed by atoms with Gasteiger partial charge in [0.2, 0.25) is 0 Å². The molecule has 0 fully saturated rings. The molecular weight excluding hydrogens is 394 g/mol. The number of hydrogen-bond donors (Lipinski definition) is 1. The molecule has 1 heterocycles. The number of rotatable bonds is 1. The van der Waals surface area contributed by atoms with Crippen LogP contribution in [0.5, 0.6) is 0 Å². The van der Waals surface area contributed by atoms with Gasteiger partial charge in [-0.15, -0.1) is 0 Å². The summed E-state index contributed by atoms with van der Waals surface area (Å²) in [6.45, 7) is 20.6. The number of hydrogen-bond acceptors (Lipinski definition) is 3. The Bertz CT molecular complexity index is 804. The number of ketones is 2.